The Morgan fingerprint density at radius 2 is 2.45 bits per heavy atom. The van der Waals surface area contributed by atoms with E-state index in [0.717, 1.165) is 6.54 Å². The highest BCUT2D eigenvalue weighted by Gasteiger charge is 2.21. The molecule has 3 nitrogen and oxygen atoms in total. The van der Waals surface area contributed by atoms with Gasteiger partial charge in [0.15, 0.2) is 0 Å². The monoisotopic (exact) mass is 157 g/mol. The minimum absolute atomic E-state index is 0.237. The number of hydrogen-bond donors (Lipinski definition) is 0. The zero-order valence-corrected chi connectivity index (χ0v) is 7.17. The molecule has 0 radical (unpaired) electrons. The average molecular weight is 157 g/mol. The average Bonchev–Trinajstić information content (AvgIpc) is 2.04. The molecule has 0 aromatic carbocycles. The van der Waals surface area contributed by atoms with Gasteiger partial charge in [0.25, 0.3) is 0 Å². The van der Waals surface area contributed by atoms with E-state index in [1.807, 2.05) is 18.7 Å². The summed E-state index contributed by atoms with van der Waals surface area (Å²) in [5, 5.41) is 0. The van der Waals surface area contributed by atoms with E-state index in [1.165, 1.54) is 0 Å². The molecule has 1 heterocycles. The highest BCUT2D eigenvalue weighted by molar-refractivity contribution is 5.76. The first-order chi connectivity index (χ1) is 5.25. The van der Waals surface area contributed by atoms with Crippen molar-refractivity contribution in [3.8, 4) is 0 Å². The molecular formula is C8H15NO2. The molecule has 64 valence electrons. The van der Waals surface area contributed by atoms with Gasteiger partial charge in [-0.1, -0.05) is 6.92 Å². The zero-order valence-electron chi connectivity index (χ0n) is 7.17. The van der Waals surface area contributed by atoms with Gasteiger partial charge in [0.1, 0.15) is 0 Å². The second-order valence-electron chi connectivity index (χ2n) is 2.86. The van der Waals surface area contributed by atoms with Crippen LogP contribution in [0.3, 0.4) is 0 Å². The van der Waals surface area contributed by atoms with Gasteiger partial charge in [-0.05, 0) is 6.92 Å². The number of nitrogens with zero attached hydrogens (tertiary/aromatic N) is 1. The summed E-state index contributed by atoms with van der Waals surface area (Å²) in [4.78, 5) is 13.1. The fourth-order valence-electron chi connectivity index (χ4n) is 1.30. The summed E-state index contributed by atoms with van der Waals surface area (Å²) in [6.07, 6.45) is 0.602. The van der Waals surface area contributed by atoms with E-state index in [0.29, 0.717) is 19.6 Å². The zero-order chi connectivity index (χ0) is 8.27. The van der Waals surface area contributed by atoms with Crippen LogP contribution in [0.25, 0.3) is 0 Å². The molecule has 1 rings (SSSR count). The second kappa shape index (κ2) is 3.72. The molecule has 1 saturated heterocycles. The van der Waals surface area contributed by atoms with Crippen molar-refractivity contribution < 1.29 is 9.53 Å². The maximum atomic E-state index is 11.2. The van der Waals surface area contributed by atoms with Gasteiger partial charge in [-0.2, -0.15) is 0 Å². The summed E-state index contributed by atoms with van der Waals surface area (Å²) in [5.74, 6) is 0.237. The molecule has 1 unspecified atom stereocenters. The highest BCUT2D eigenvalue weighted by atomic mass is 16.5. The first-order valence-electron chi connectivity index (χ1n) is 4.13. The summed E-state index contributed by atoms with van der Waals surface area (Å²) in [5.41, 5.74) is 0. The van der Waals surface area contributed by atoms with Gasteiger partial charge in [0.05, 0.1) is 19.3 Å². The van der Waals surface area contributed by atoms with Crippen molar-refractivity contribution in [2.75, 3.05) is 19.8 Å². The quantitative estimate of drug-likeness (QED) is 0.559. The molecule has 0 saturated carbocycles. The van der Waals surface area contributed by atoms with Gasteiger partial charge in [-0.15, -0.1) is 0 Å². The fraction of sp³-hybridized carbons (Fsp3) is 0.875. The number of ether oxygens (including phenoxy) is 1. The lowest BCUT2D eigenvalue weighted by Gasteiger charge is -2.33. The van der Waals surface area contributed by atoms with Crippen LogP contribution in [0, 0.1) is 0 Å². The lowest BCUT2D eigenvalue weighted by atomic mass is 10.2. The molecule has 1 atom stereocenters. The van der Waals surface area contributed by atoms with Crippen molar-refractivity contribution in [1.29, 1.82) is 0 Å². The molecule has 1 fully saturated rings. The van der Waals surface area contributed by atoms with Crippen LogP contribution in [-0.4, -0.2) is 36.6 Å². The molecule has 0 aliphatic carbocycles. The SMILES string of the molecule is CCC(=O)N1CCOCC1C. The van der Waals surface area contributed by atoms with E-state index >= 15 is 0 Å². The third-order valence-electron chi connectivity index (χ3n) is 1.99. The summed E-state index contributed by atoms with van der Waals surface area (Å²) in [7, 11) is 0. The molecule has 1 amide bonds. The van der Waals surface area contributed by atoms with Crippen LogP contribution in [0.1, 0.15) is 20.3 Å². The van der Waals surface area contributed by atoms with E-state index in [9.17, 15) is 4.79 Å². The Labute approximate surface area is 67.3 Å². The summed E-state index contributed by atoms with van der Waals surface area (Å²) in [6.45, 7) is 6.05. The maximum absolute atomic E-state index is 11.2. The van der Waals surface area contributed by atoms with Crippen molar-refractivity contribution in [1.82, 2.24) is 4.90 Å². The molecule has 1 aliphatic heterocycles. The number of rotatable bonds is 1. The smallest absolute Gasteiger partial charge is 0.222 e. The molecule has 3 heteroatoms. The Balaban J connectivity index is 2.47. The van der Waals surface area contributed by atoms with Crippen LogP contribution in [0.5, 0.6) is 0 Å². The molecule has 0 N–H and O–H groups in total. The highest BCUT2D eigenvalue weighted by Crippen LogP contribution is 2.07. The molecule has 0 bridgehead atoms. The number of carbonyl (C=O) groups is 1. The summed E-state index contributed by atoms with van der Waals surface area (Å²) in [6, 6.07) is 0.260. The number of amides is 1. The molecule has 1 aliphatic rings. The van der Waals surface area contributed by atoms with Crippen LogP contribution < -0.4 is 0 Å². The third-order valence-corrected chi connectivity index (χ3v) is 1.99. The van der Waals surface area contributed by atoms with Crippen LogP contribution in [-0.2, 0) is 9.53 Å². The Kier molecular flexibility index (Phi) is 2.88. The van der Waals surface area contributed by atoms with E-state index < -0.39 is 0 Å². The topological polar surface area (TPSA) is 29.5 Å². The van der Waals surface area contributed by atoms with E-state index in [-0.39, 0.29) is 11.9 Å². The Morgan fingerprint density at radius 3 is 3.00 bits per heavy atom. The van der Waals surface area contributed by atoms with Crippen molar-refractivity contribution in [3.05, 3.63) is 0 Å². The molecule has 0 aromatic heterocycles. The normalized spacial score (nSPS) is 25.3. The number of carbonyl (C=O) groups excluding carboxylic acids is 1. The van der Waals surface area contributed by atoms with Crippen molar-refractivity contribution in [2.45, 2.75) is 26.3 Å². The van der Waals surface area contributed by atoms with Crippen molar-refractivity contribution in [2.24, 2.45) is 0 Å². The molecule has 11 heavy (non-hydrogen) atoms. The summed E-state index contributed by atoms with van der Waals surface area (Å²) < 4.78 is 5.21. The van der Waals surface area contributed by atoms with Crippen LogP contribution in [0.4, 0.5) is 0 Å². The first-order valence-corrected chi connectivity index (χ1v) is 4.13. The Hall–Kier alpha value is -0.570. The standard InChI is InChI=1S/C8H15NO2/c1-3-8(10)9-4-5-11-6-7(9)2/h7H,3-6H2,1-2H3. The number of morpholine rings is 1. The summed E-state index contributed by atoms with van der Waals surface area (Å²) >= 11 is 0. The Morgan fingerprint density at radius 1 is 1.73 bits per heavy atom. The predicted molar refractivity (Wildman–Crippen MR) is 42.3 cm³/mol. The predicted octanol–water partition coefficient (Wildman–Crippen LogP) is 0.644. The van der Waals surface area contributed by atoms with Gasteiger partial charge in [-0.3, -0.25) is 4.79 Å². The molecule has 0 spiro atoms. The van der Waals surface area contributed by atoms with Crippen LogP contribution in [0.2, 0.25) is 0 Å². The minimum Gasteiger partial charge on any atom is -0.377 e. The molecule has 0 aromatic rings. The largest absolute Gasteiger partial charge is 0.377 e. The second-order valence-corrected chi connectivity index (χ2v) is 2.86. The van der Waals surface area contributed by atoms with Gasteiger partial charge in [-0.25, -0.2) is 0 Å². The third kappa shape index (κ3) is 1.93. The Bertz CT molecular complexity index is 147. The van der Waals surface area contributed by atoms with E-state index in [2.05, 4.69) is 0 Å². The van der Waals surface area contributed by atoms with Crippen molar-refractivity contribution in [3.63, 3.8) is 0 Å². The van der Waals surface area contributed by atoms with Gasteiger partial charge in [0.2, 0.25) is 5.91 Å². The first kappa shape index (κ1) is 8.53. The van der Waals surface area contributed by atoms with Crippen LogP contribution in [0.15, 0.2) is 0 Å². The number of hydrogen-bond acceptors (Lipinski definition) is 2. The van der Waals surface area contributed by atoms with Crippen molar-refractivity contribution >= 4 is 5.91 Å². The maximum Gasteiger partial charge on any atom is 0.222 e. The minimum atomic E-state index is 0.237. The van der Waals surface area contributed by atoms with E-state index in [1.54, 1.807) is 0 Å². The fourth-order valence-corrected chi connectivity index (χ4v) is 1.30. The van der Waals surface area contributed by atoms with Gasteiger partial charge < -0.3 is 9.64 Å². The van der Waals surface area contributed by atoms with E-state index in [4.69, 9.17) is 4.74 Å². The lowest BCUT2D eigenvalue weighted by Crippen LogP contribution is -2.46. The molecular weight excluding hydrogens is 142 g/mol. The van der Waals surface area contributed by atoms with Gasteiger partial charge >= 0.3 is 0 Å². The van der Waals surface area contributed by atoms with Crippen LogP contribution >= 0.6 is 0 Å². The van der Waals surface area contributed by atoms with Gasteiger partial charge in [0, 0.05) is 13.0 Å². The lowest BCUT2D eigenvalue weighted by molar-refractivity contribution is -0.138.